The summed E-state index contributed by atoms with van der Waals surface area (Å²) in [7, 11) is 0. The smallest absolute Gasteiger partial charge is 0.338 e. The Bertz CT molecular complexity index is 1110. The molecule has 0 radical (unpaired) electrons. The van der Waals surface area contributed by atoms with E-state index in [1.165, 1.54) is 0 Å². The van der Waals surface area contributed by atoms with E-state index in [2.05, 4.69) is 0 Å². The van der Waals surface area contributed by atoms with Crippen molar-refractivity contribution in [3.63, 3.8) is 0 Å². The molecule has 0 saturated carbocycles. The second kappa shape index (κ2) is 24.3. The van der Waals surface area contributed by atoms with Gasteiger partial charge in [-0.15, -0.1) is 0 Å². The van der Waals surface area contributed by atoms with Gasteiger partial charge in [-0.1, -0.05) is 42.5 Å². The molecule has 0 fully saturated rings. The fourth-order valence-corrected chi connectivity index (χ4v) is 4.02. The van der Waals surface area contributed by atoms with Crippen molar-refractivity contribution in [3.8, 4) is 11.5 Å². The van der Waals surface area contributed by atoms with Crippen LogP contribution < -0.4 is 9.47 Å². The molecule has 0 saturated heterocycles. The van der Waals surface area contributed by atoms with Crippen LogP contribution in [0.1, 0.15) is 46.4 Å². The first-order valence-electron chi connectivity index (χ1n) is 15.8. The number of hydrogen-bond acceptors (Lipinski definition) is 10. The Morgan fingerprint density at radius 2 is 0.761 bits per heavy atom. The highest BCUT2D eigenvalue weighted by Crippen LogP contribution is 2.19. The van der Waals surface area contributed by atoms with Crippen LogP contribution in [0.2, 0.25) is 0 Å². The van der Waals surface area contributed by atoms with Gasteiger partial charge in [0.15, 0.2) is 0 Å². The number of benzene rings is 3. The average molecular weight is 639 g/mol. The SMILES string of the molecule is O=C(OCCOCCCCOCCOc1cccc(OCCOCCCCOCCOC(=O)c2ccccc2)c1)c1ccccc1. The van der Waals surface area contributed by atoms with Crippen molar-refractivity contribution in [2.75, 3.05) is 79.3 Å². The van der Waals surface area contributed by atoms with Gasteiger partial charge in [0.2, 0.25) is 0 Å². The van der Waals surface area contributed by atoms with E-state index >= 15 is 0 Å². The highest BCUT2D eigenvalue weighted by atomic mass is 16.6. The molecule has 0 N–H and O–H groups in total. The molecule has 3 rings (SSSR count). The minimum absolute atomic E-state index is 0.235. The van der Waals surface area contributed by atoms with Crippen molar-refractivity contribution in [1.82, 2.24) is 0 Å². The Balaban J connectivity index is 1.06. The predicted molar refractivity (Wildman–Crippen MR) is 173 cm³/mol. The topological polar surface area (TPSA) is 108 Å². The number of carbonyl (C=O) groups excluding carboxylic acids is 2. The lowest BCUT2D eigenvalue weighted by molar-refractivity contribution is 0.0294. The first kappa shape index (κ1) is 36.5. The fraction of sp³-hybridized carbons (Fsp3) is 0.444. The number of unbranched alkanes of at least 4 members (excludes halogenated alkanes) is 2. The van der Waals surface area contributed by atoms with Gasteiger partial charge in [-0.25, -0.2) is 9.59 Å². The highest BCUT2D eigenvalue weighted by Gasteiger charge is 2.06. The van der Waals surface area contributed by atoms with E-state index < -0.39 is 0 Å². The van der Waals surface area contributed by atoms with E-state index in [1.54, 1.807) is 48.5 Å². The molecule has 0 heterocycles. The maximum atomic E-state index is 11.8. The third kappa shape index (κ3) is 16.9. The Labute approximate surface area is 271 Å². The number of rotatable bonds is 26. The van der Waals surface area contributed by atoms with Crippen LogP contribution in [0.15, 0.2) is 84.9 Å². The maximum Gasteiger partial charge on any atom is 0.338 e. The first-order valence-corrected chi connectivity index (χ1v) is 15.8. The largest absolute Gasteiger partial charge is 0.491 e. The minimum atomic E-state index is -0.339. The van der Waals surface area contributed by atoms with Crippen LogP contribution >= 0.6 is 0 Å². The van der Waals surface area contributed by atoms with Crippen LogP contribution in [0.3, 0.4) is 0 Å². The van der Waals surface area contributed by atoms with Gasteiger partial charge in [0.25, 0.3) is 0 Å². The highest BCUT2D eigenvalue weighted by molar-refractivity contribution is 5.89. The second-order valence-corrected chi connectivity index (χ2v) is 10.0. The molecule has 3 aromatic rings. The number of esters is 2. The van der Waals surface area contributed by atoms with Gasteiger partial charge in [-0.3, -0.25) is 0 Å². The van der Waals surface area contributed by atoms with Crippen LogP contribution in [0.4, 0.5) is 0 Å². The molecule has 0 unspecified atom stereocenters. The van der Waals surface area contributed by atoms with Gasteiger partial charge >= 0.3 is 11.9 Å². The fourth-order valence-electron chi connectivity index (χ4n) is 4.02. The zero-order valence-corrected chi connectivity index (χ0v) is 26.5. The molecule has 46 heavy (non-hydrogen) atoms. The Kier molecular flexibility index (Phi) is 19.3. The van der Waals surface area contributed by atoms with E-state index in [0.717, 1.165) is 37.2 Å². The van der Waals surface area contributed by atoms with Gasteiger partial charge in [-0.05, 0) is 62.1 Å². The molecule has 0 atom stereocenters. The molecular weight excluding hydrogens is 592 g/mol. The number of hydrogen-bond donors (Lipinski definition) is 0. The van der Waals surface area contributed by atoms with Crippen LogP contribution in [0, 0.1) is 0 Å². The van der Waals surface area contributed by atoms with Crippen LogP contribution in [0.25, 0.3) is 0 Å². The summed E-state index contributed by atoms with van der Waals surface area (Å²) < 4.78 is 44.2. The molecule has 10 heteroatoms. The standard InChI is InChI=1S/C36H46O10/c37-35(31-12-3-1-4-13-31)45-28-24-41-20-9-7-18-39-22-26-43-33-16-11-17-34(30-33)44-27-23-40-19-8-10-21-42-25-29-46-36(38)32-14-5-2-6-15-32/h1-6,11-17,30H,7-10,18-29H2. The zero-order chi connectivity index (χ0) is 32.3. The monoisotopic (exact) mass is 638 g/mol. The molecule has 0 bridgehead atoms. The summed E-state index contributed by atoms with van der Waals surface area (Å²) in [5.41, 5.74) is 1.08. The summed E-state index contributed by atoms with van der Waals surface area (Å²) in [6, 6.07) is 25.3. The van der Waals surface area contributed by atoms with E-state index in [4.69, 9.17) is 37.9 Å². The molecule has 0 aromatic heterocycles. The molecule has 0 spiro atoms. The van der Waals surface area contributed by atoms with Crippen molar-refractivity contribution >= 4 is 11.9 Å². The lowest BCUT2D eigenvalue weighted by Crippen LogP contribution is -2.12. The summed E-state index contributed by atoms with van der Waals surface area (Å²) >= 11 is 0. The van der Waals surface area contributed by atoms with E-state index in [1.807, 2.05) is 36.4 Å². The van der Waals surface area contributed by atoms with Crippen molar-refractivity contribution in [2.45, 2.75) is 25.7 Å². The van der Waals surface area contributed by atoms with Gasteiger partial charge in [-0.2, -0.15) is 0 Å². The summed E-state index contributed by atoms with van der Waals surface area (Å²) in [5.74, 6) is 0.763. The molecule has 0 amide bonds. The van der Waals surface area contributed by atoms with Crippen molar-refractivity contribution in [3.05, 3.63) is 96.1 Å². The molecule has 3 aromatic carbocycles. The third-order valence-corrected chi connectivity index (χ3v) is 6.39. The average Bonchev–Trinajstić information content (AvgIpc) is 3.10. The maximum absolute atomic E-state index is 11.8. The van der Waals surface area contributed by atoms with Crippen molar-refractivity contribution in [1.29, 1.82) is 0 Å². The Morgan fingerprint density at radius 3 is 1.15 bits per heavy atom. The molecule has 0 aliphatic rings. The Morgan fingerprint density at radius 1 is 0.391 bits per heavy atom. The third-order valence-electron chi connectivity index (χ3n) is 6.39. The van der Waals surface area contributed by atoms with Gasteiger partial charge in [0.1, 0.15) is 37.9 Å². The summed E-state index contributed by atoms with van der Waals surface area (Å²) in [6.45, 7) is 5.50. The lowest BCUT2D eigenvalue weighted by atomic mass is 10.2. The van der Waals surface area contributed by atoms with E-state index in [9.17, 15) is 9.59 Å². The normalized spacial score (nSPS) is 10.8. The molecule has 0 aliphatic carbocycles. The molecule has 250 valence electrons. The zero-order valence-electron chi connectivity index (χ0n) is 26.5. The summed E-state index contributed by atoms with van der Waals surface area (Å²) in [4.78, 5) is 23.7. The Hall–Kier alpha value is -3.96. The number of ether oxygens (including phenoxy) is 8. The predicted octanol–water partition coefficient (Wildman–Crippen LogP) is 5.79. The van der Waals surface area contributed by atoms with Crippen molar-refractivity contribution < 1.29 is 47.5 Å². The first-order chi connectivity index (χ1) is 22.7. The van der Waals surface area contributed by atoms with Crippen LogP contribution in [0.5, 0.6) is 11.5 Å². The van der Waals surface area contributed by atoms with Crippen molar-refractivity contribution in [2.24, 2.45) is 0 Å². The molecule has 0 aliphatic heterocycles. The van der Waals surface area contributed by atoms with Gasteiger partial charge in [0.05, 0.1) is 37.6 Å². The van der Waals surface area contributed by atoms with Crippen LogP contribution in [-0.4, -0.2) is 91.2 Å². The second-order valence-electron chi connectivity index (χ2n) is 10.0. The minimum Gasteiger partial charge on any atom is -0.491 e. The number of carbonyl (C=O) groups is 2. The summed E-state index contributed by atoms with van der Waals surface area (Å²) in [6.07, 6.45) is 3.47. The lowest BCUT2D eigenvalue weighted by Gasteiger charge is -2.10. The summed E-state index contributed by atoms with van der Waals surface area (Å²) in [5, 5.41) is 0. The van der Waals surface area contributed by atoms with Gasteiger partial charge in [0, 0.05) is 32.5 Å². The van der Waals surface area contributed by atoms with E-state index in [-0.39, 0.29) is 25.2 Å². The van der Waals surface area contributed by atoms with Crippen LogP contribution in [-0.2, 0) is 28.4 Å². The molecular formula is C36H46O10. The molecule has 10 nitrogen and oxygen atoms in total. The van der Waals surface area contributed by atoms with E-state index in [0.29, 0.717) is 77.2 Å². The quantitative estimate of drug-likeness (QED) is 0.0793. The van der Waals surface area contributed by atoms with Gasteiger partial charge < -0.3 is 37.9 Å².